The van der Waals surface area contributed by atoms with Crippen LogP contribution < -0.4 is 4.74 Å². The molecule has 1 N–H and O–H groups in total. The smallest absolute Gasteiger partial charge is 0.307 e. The van der Waals surface area contributed by atoms with E-state index in [1.165, 1.54) is 24.3 Å². The Morgan fingerprint density at radius 2 is 1.71 bits per heavy atom. The van der Waals surface area contributed by atoms with Crippen molar-refractivity contribution in [2.24, 2.45) is 0 Å². The van der Waals surface area contributed by atoms with Crippen LogP contribution in [0.4, 0.5) is 5.69 Å². The molecule has 0 aliphatic carbocycles. The van der Waals surface area contributed by atoms with Crippen LogP contribution in [0, 0.1) is 10.1 Å². The zero-order chi connectivity index (χ0) is 15.2. The molecule has 2 rings (SSSR count). The fourth-order valence-electron chi connectivity index (χ4n) is 1.86. The van der Waals surface area contributed by atoms with E-state index in [0.29, 0.717) is 11.3 Å². The molecule has 0 atom stereocenters. The van der Waals surface area contributed by atoms with Crippen LogP contribution in [0.2, 0.25) is 0 Å². The molecule has 108 valence electrons. The van der Waals surface area contributed by atoms with Crippen LogP contribution in [0.15, 0.2) is 48.5 Å². The monoisotopic (exact) mass is 287 g/mol. The average Bonchev–Trinajstić information content (AvgIpc) is 2.46. The van der Waals surface area contributed by atoms with Gasteiger partial charge in [0.05, 0.1) is 11.3 Å². The Balaban J connectivity index is 2.06. The number of hydrogen-bond acceptors (Lipinski definition) is 4. The fourth-order valence-corrected chi connectivity index (χ4v) is 1.86. The molecule has 0 radical (unpaired) electrons. The molecule has 6 nitrogen and oxygen atoms in total. The van der Waals surface area contributed by atoms with Gasteiger partial charge in [-0.05, 0) is 23.3 Å². The number of nitro groups is 1. The molecule has 21 heavy (non-hydrogen) atoms. The Morgan fingerprint density at radius 1 is 1.10 bits per heavy atom. The van der Waals surface area contributed by atoms with Gasteiger partial charge in [0.1, 0.15) is 12.4 Å². The zero-order valence-corrected chi connectivity index (χ0v) is 11.1. The van der Waals surface area contributed by atoms with Crippen molar-refractivity contribution in [3.05, 3.63) is 69.8 Å². The first kappa shape index (κ1) is 14.5. The highest BCUT2D eigenvalue weighted by Crippen LogP contribution is 2.19. The van der Waals surface area contributed by atoms with Gasteiger partial charge in [-0.3, -0.25) is 14.9 Å². The third-order valence-electron chi connectivity index (χ3n) is 2.90. The van der Waals surface area contributed by atoms with Gasteiger partial charge >= 0.3 is 5.97 Å². The highest BCUT2D eigenvalue weighted by atomic mass is 16.6. The molecule has 0 saturated carbocycles. The summed E-state index contributed by atoms with van der Waals surface area (Å²) in [4.78, 5) is 20.9. The van der Waals surface area contributed by atoms with Crippen LogP contribution in [-0.4, -0.2) is 16.0 Å². The normalized spacial score (nSPS) is 10.1. The first-order chi connectivity index (χ1) is 10.1. The van der Waals surface area contributed by atoms with Crippen molar-refractivity contribution in [1.82, 2.24) is 0 Å². The Kier molecular flexibility index (Phi) is 4.50. The standard InChI is InChI=1S/C15H13NO5/c17-15(18)9-11-3-1-2-4-12(11)10-21-14-7-5-13(6-8-14)16(19)20/h1-8H,9-10H2,(H,17,18). The lowest BCUT2D eigenvalue weighted by molar-refractivity contribution is -0.384. The lowest BCUT2D eigenvalue weighted by Crippen LogP contribution is -2.05. The molecule has 0 aromatic heterocycles. The number of carboxylic acids is 1. The van der Waals surface area contributed by atoms with Crippen molar-refractivity contribution < 1.29 is 19.6 Å². The van der Waals surface area contributed by atoms with E-state index < -0.39 is 10.9 Å². The van der Waals surface area contributed by atoms with Crippen molar-refractivity contribution >= 4 is 11.7 Å². The SMILES string of the molecule is O=C(O)Cc1ccccc1COc1ccc([N+](=O)[O-])cc1. The molecule has 0 amide bonds. The minimum absolute atomic E-state index is 0.00590. The summed E-state index contributed by atoms with van der Waals surface area (Å²) in [5, 5.41) is 19.4. The number of ether oxygens (including phenoxy) is 1. The van der Waals surface area contributed by atoms with Gasteiger partial charge in [0.25, 0.3) is 5.69 Å². The van der Waals surface area contributed by atoms with Crippen LogP contribution in [-0.2, 0) is 17.8 Å². The van der Waals surface area contributed by atoms with Crippen molar-refractivity contribution in [2.75, 3.05) is 0 Å². The van der Waals surface area contributed by atoms with Gasteiger partial charge in [-0.25, -0.2) is 0 Å². The van der Waals surface area contributed by atoms with Gasteiger partial charge in [0.2, 0.25) is 0 Å². The third-order valence-corrected chi connectivity index (χ3v) is 2.90. The largest absolute Gasteiger partial charge is 0.489 e. The maximum absolute atomic E-state index is 10.8. The number of nitro benzene ring substituents is 1. The number of carboxylic acid groups (broad SMARTS) is 1. The minimum Gasteiger partial charge on any atom is -0.489 e. The minimum atomic E-state index is -0.905. The van der Waals surface area contributed by atoms with Gasteiger partial charge < -0.3 is 9.84 Å². The molecule has 0 fully saturated rings. The fraction of sp³-hybridized carbons (Fsp3) is 0.133. The number of non-ortho nitro benzene ring substituents is 1. The van der Waals surface area contributed by atoms with E-state index in [2.05, 4.69) is 0 Å². The van der Waals surface area contributed by atoms with E-state index in [4.69, 9.17) is 9.84 Å². The van der Waals surface area contributed by atoms with Gasteiger partial charge in [-0.1, -0.05) is 24.3 Å². The van der Waals surface area contributed by atoms with Crippen molar-refractivity contribution in [2.45, 2.75) is 13.0 Å². The number of nitrogens with zero attached hydrogens (tertiary/aromatic N) is 1. The third kappa shape index (κ3) is 4.04. The molecule has 6 heteroatoms. The van der Waals surface area contributed by atoms with Gasteiger partial charge in [0, 0.05) is 12.1 Å². The highest BCUT2D eigenvalue weighted by molar-refractivity contribution is 5.70. The summed E-state index contributed by atoms with van der Waals surface area (Å²) in [5.41, 5.74) is 1.46. The van der Waals surface area contributed by atoms with E-state index >= 15 is 0 Å². The van der Waals surface area contributed by atoms with E-state index in [1.54, 1.807) is 24.3 Å². The van der Waals surface area contributed by atoms with Crippen LogP contribution >= 0.6 is 0 Å². The second-order valence-electron chi connectivity index (χ2n) is 4.38. The van der Waals surface area contributed by atoms with E-state index in [0.717, 1.165) is 5.56 Å². The van der Waals surface area contributed by atoms with Crippen LogP contribution in [0.25, 0.3) is 0 Å². The van der Waals surface area contributed by atoms with E-state index in [-0.39, 0.29) is 18.7 Å². The number of aliphatic carboxylic acids is 1. The number of carbonyl (C=O) groups is 1. The van der Waals surface area contributed by atoms with Gasteiger partial charge in [-0.15, -0.1) is 0 Å². The van der Waals surface area contributed by atoms with E-state index in [9.17, 15) is 14.9 Å². The number of benzene rings is 2. The number of rotatable bonds is 6. The molecule has 2 aromatic carbocycles. The Bertz CT molecular complexity index is 651. The predicted molar refractivity (Wildman–Crippen MR) is 75.2 cm³/mol. The molecular weight excluding hydrogens is 274 g/mol. The Labute approximate surface area is 120 Å². The first-order valence-electron chi connectivity index (χ1n) is 6.22. The Hall–Kier alpha value is -2.89. The molecule has 0 aliphatic rings. The topological polar surface area (TPSA) is 89.7 Å². The summed E-state index contributed by atoms with van der Waals surface area (Å²) >= 11 is 0. The molecule has 0 bridgehead atoms. The summed E-state index contributed by atoms with van der Waals surface area (Å²) in [5.74, 6) is -0.413. The lowest BCUT2D eigenvalue weighted by atomic mass is 10.1. The summed E-state index contributed by atoms with van der Waals surface area (Å²) in [6.45, 7) is 0.210. The predicted octanol–water partition coefficient (Wildman–Crippen LogP) is 2.80. The zero-order valence-electron chi connectivity index (χ0n) is 11.1. The first-order valence-corrected chi connectivity index (χ1v) is 6.22. The summed E-state index contributed by atoms with van der Waals surface area (Å²) in [7, 11) is 0. The number of hydrogen-bond donors (Lipinski definition) is 1. The molecule has 2 aromatic rings. The molecule has 0 saturated heterocycles. The van der Waals surface area contributed by atoms with Crippen molar-refractivity contribution in [3.8, 4) is 5.75 Å². The van der Waals surface area contributed by atoms with Crippen LogP contribution in [0.5, 0.6) is 5.75 Å². The molecule has 0 unspecified atom stereocenters. The van der Waals surface area contributed by atoms with Gasteiger partial charge in [0.15, 0.2) is 0 Å². The molecule has 0 heterocycles. The maximum Gasteiger partial charge on any atom is 0.307 e. The Morgan fingerprint density at radius 3 is 2.29 bits per heavy atom. The summed E-state index contributed by atoms with van der Waals surface area (Å²) < 4.78 is 5.53. The molecule has 0 spiro atoms. The lowest BCUT2D eigenvalue weighted by Gasteiger charge is -2.09. The van der Waals surface area contributed by atoms with E-state index in [1.807, 2.05) is 0 Å². The van der Waals surface area contributed by atoms with Crippen LogP contribution in [0.1, 0.15) is 11.1 Å². The average molecular weight is 287 g/mol. The maximum atomic E-state index is 10.8. The molecular formula is C15H13NO5. The van der Waals surface area contributed by atoms with Crippen molar-refractivity contribution in [1.29, 1.82) is 0 Å². The van der Waals surface area contributed by atoms with Crippen molar-refractivity contribution in [3.63, 3.8) is 0 Å². The second kappa shape index (κ2) is 6.51. The summed E-state index contributed by atoms with van der Waals surface area (Å²) in [6.07, 6.45) is -0.0696. The summed E-state index contributed by atoms with van der Waals surface area (Å²) in [6, 6.07) is 12.9. The van der Waals surface area contributed by atoms with Gasteiger partial charge in [-0.2, -0.15) is 0 Å². The second-order valence-corrected chi connectivity index (χ2v) is 4.38. The van der Waals surface area contributed by atoms with Crippen LogP contribution in [0.3, 0.4) is 0 Å². The highest BCUT2D eigenvalue weighted by Gasteiger charge is 2.08. The molecule has 0 aliphatic heterocycles. The quantitative estimate of drug-likeness (QED) is 0.651.